The number of fused-ring (bicyclic) bond motifs is 1. The van der Waals surface area contributed by atoms with Crippen LogP contribution >= 0.6 is 11.6 Å². The number of carbonyl (C=O) groups is 1. The van der Waals surface area contributed by atoms with Crippen LogP contribution in [0.25, 0.3) is 5.69 Å². The summed E-state index contributed by atoms with van der Waals surface area (Å²) in [7, 11) is 0. The maximum absolute atomic E-state index is 13.3. The Balaban J connectivity index is 1.32. The Bertz CT molecular complexity index is 1250. The summed E-state index contributed by atoms with van der Waals surface area (Å²) in [5.41, 5.74) is 2.59. The van der Waals surface area contributed by atoms with Crippen molar-refractivity contribution in [1.82, 2.24) is 14.7 Å². The first kappa shape index (κ1) is 21.5. The van der Waals surface area contributed by atoms with Crippen molar-refractivity contribution < 1.29 is 9.53 Å². The van der Waals surface area contributed by atoms with E-state index in [4.69, 9.17) is 16.3 Å². The SMILES string of the molecule is C[C@@H]1Oc2c(C(=O)N3CCN(c4cnn(-c5ccccc5)c(=O)c4Cl)CC3)cccc2[C@H]1C. The van der Waals surface area contributed by atoms with Crippen LogP contribution in [0, 0.1) is 0 Å². The number of amides is 1. The molecule has 0 aliphatic carbocycles. The van der Waals surface area contributed by atoms with Crippen LogP contribution in [-0.2, 0) is 0 Å². The molecule has 2 atom stereocenters. The molecule has 1 amide bonds. The first-order chi connectivity index (χ1) is 16.0. The molecule has 7 nitrogen and oxygen atoms in total. The van der Waals surface area contributed by atoms with Gasteiger partial charge in [-0.1, -0.05) is 48.9 Å². The van der Waals surface area contributed by atoms with Gasteiger partial charge in [-0.2, -0.15) is 9.78 Å². The first-order valence-electron chi connectivity index (χ1n) is 11.1. The number of rotatable bonds is 3. The molecule has 2 aliphatic rings. The Labute approximate surface area is 197 Å². The van der Waals surface area contributed by atoms with Gasteiger partial charge in [0, 0.05) is 37.7 Å². The smallest absolute Gasteiger partial charge is 0.292 e. The van der Waals surface area contributed by atoms with Crippen molar-refractivity contribution in [1.29, 1.82) is 0 Å². The molecule has 3 heterocycles. The number of nitrogens with zero attached hydrogens (tertiary/aromatic N) is 4. The number of ether oxygens (including phenoxy) is 1. The van der Waals surface area contributed by atoms with Crippen LogP contribution in [-0.4, -0.2) is 52.9 Å². The third-order valence-corrected chi connectivity index (χ3v) is 6.94. The molecule has 0 N–H and O–H groups in total. The van der Waals surface area contributed by atoms with Crippen LogP contribution in [0.1, 0.15) is 35.7 Å². The molecular formula is C25H25ClN4O3. The predicted octanol–water partition coefficient (Wildman–Crippen LogP) is 3.73. The van der Waals surface area contributed by atoms with E-state index in [-0.39, 0.29) is 28.5 Å². The van der Waals surface area contributed by atoms with Gasteiger partial charge in [0.25, 0.3) is 11.5 Å². The fourth-order valence-electron chi connectivity index (χ4n) is 4.47. The van der Waals surface area contributed by atoms with Crippen LogP contribution in [0.5, 0.6) is 5.75 Å². The summed E-state index contributed by atoms with van der Waals surface area (Å²) in [6.07, 6.45) is 1.67. The maximum atomic E-state index is 13.3. The summed E-state index contributed by atoms with van der Waals surface area (Å²) >= 11 is 6.46. The van der Waals surface area contributed by atoms with Crippen LogP contribution in [0.2, 0.25) is 5.02 Å². The van der Waals surface area contributed by atoms with Crippen molar-refractivity contribution in [3.8, 4) is 11.4 Å². The molecule has 33 heavy (non-hydrogen) atoms. The molecule has 0 spiro atoms. The highest BCUT2D eigenvalue weighted by atomic mass is 35.5. The lowest BCUT2D eigenvalue weighted by atomic mass is 9.96. The van der Waals surface area contributed by atoms with Gasteiger partial charge in [0.1, 0.15) is 16.9 Å². The number of benzene rings is 2. The second-order valence-electron chi connectivity index (χ2n) is 8.51. The molecule has 3 aromatic rings. The molecule has 2 aliphatic heterocycles. The summed E-state index contributed by atoms with van der Waals surface area (Å²) in [5, 5.41) is 4.45. The summed E-state index contributed by atoms with van der Waals surface area (Å²) in [6.45, 7) is 6.31. The number of para-hydroxylation sites is 2. The topological polar surface area (TPSA) is 67.7 Å². The van der Waals surface area contributed by atoms with Crippen molar-refractivity contribution in [2.24, 2.45) is 0 Å². The summed E-state index contributed by atoms with van der Waals surface area (Å²) in [6, 6.07) is 15.0. The number of aromatic nitrogens is 2. The molecule has 2 aromatic carbocycles. The van der Waals surface area contributed by atoms with Gasteiger partial charge < -0.3 is 14.5 Å². The molecule has 0 bridgehead atoms. The average Bonchev–Trinajstić information content (AvgIpc) is 3.14. The lowest BCUT2D eigenvalue weighted by Gasteiger charge is -2.36. The number of hydrogen-bond acceptors (Lipinski definition) is 5. The van der Waals surface area contributed by atoms with Crippen molar-refractivity contribution in [3.63, 3.8) is 0 Å². The number of piperazine rings is 1. The number of carbonyl (C=O) groups excluding carboxylic acids is 1. The van der Waals surface area contributed by atoms with Crippen LogP contribution in [0.3, 0.4) is 0 Å². The third kappa shape index (κ3) is 3.76. The van der Waals surface area contributed by atoms with Crippen molar-refractivity contribution in [2.75, 3.05) is 31.1 Å². The van der Waals surface area contributed by atoms with Gasteiger partial charge >= 0.3 is 0 Å². The largest absolute Gasteiger partial charge is 0.489 e. The van der Waals surface area contributed by atoms with E-state index in [1.807, 2.05) is 53.1 Å². The quantitative estimate of drug-likeness (QED) is 0.590. The number of hydrogen-bond donors (Lipinski definition) is 0. The summed E-state index contributed by atoms with van der Waals surface area (Å²) in [4.78, 5) is 29.9. The Hall–Kier alpha value is -3.32. The predicted molar refractivity (Wildman–Crippen MR) is 128 cm³/mol. The van der Waals surface area contributed by atoms with E-state index < -0.39 is 0 Å². The van der Waals surface area contributed by atoms with Gasteiger partial charge in [-0.3, -0.25) is 9.59 Å². The van der Waals surface area contributed by atoms with E-state index in [9.17, 15) is 9.59 Å². The van der Waals surface area contributed by atoms with E-state index in [2.05, 4.69) is 12.0 Å². The molecule has 8 heteroatoms. The zero-order valence-corrected chi connectivity index (χ0v) is 19.3. The minimum absolute atomic E-state index is 0.0310. The Kier molecular flexibility index (Phi) is 5.58. The van der Waals surface area contributed by atoms with Gasteiger partial charge in [-0.05, 0) is 25.1 Å². The highest BCUT2D eigenvalue weighted by Gasteiger charge is 2.33. The summed E-state index contributed by atoms with van der Waals surface area (Å²) in [5.74, 6) is 0.940. The molecule has 1 aromatic heterocycles. The molecule has 5 rings (SSSR count). The zero-order valence-electron chi connectivity index (χ0n) is 18.6. The monoisotopic (exact) mass is 464 g/mol. The fraction of sp³-hybridized carbons (Fsp3) is 0.320. The average molecular weight is 465 g/mol. The van der Waals surface area contributed by atoms with Gasteiger partial charge in [0.2, 0.25) is 0 Å². The van der Waals surface area contributed by atoms with Gasteiger partial charge in [-0.15, -0.1) is 0 Å². The molecule has 170 valence electrons. The van der Waals surface area contributed by atoms with Crippen LogP contribution in [0.4, 0.5) is 5.69 Å². The molecule has 1 fully saturated rings. The van der Waals surface area contributed by atoms with Gasteiger partial charge in [-0.25, -0.2) is 0 Å². The molecule has 0 radical (unpaired) electrons. The molecular weight excluding hydrogens is 440 g/mol. The second kappa shape index (κ2) is 8.56. The zero-order chi connectivity index (χ0) is 23.1. The van der Waals surface area contributed by atoms with E-state index in [0.29, 0.717) is 48.9 Å². The summed E-state index contributed by atoms with van der Waals surface area (Å²) < 4.78 is 7.30. The van der Waals surface area contributed by atoms with Gasteiger partial charge in [0.15, 0.2) is 0 Å². The Morgan fingerprint density at radius 2 is 1.76 bits per heavy atom. The molecule has 1 saturated heterocycles. The molecule has 0 unspecified atom stereocenters. The highest BCUT2D eigenvalue weighted by molar-refractivity contribution is 6.33. The van der Waals surface area contributed by atoms with Gasteiger partial charge in [0.05, 0.1) is 23.1 Å². The lowest BCUT2D eigenvalue weighted by molar-refractivity contribution is 0.0741. The van der Waals surface area contributed by atoms with Crippen LogP contribution < -0.4 is 15.2 Å². The van der Waals surface area contributed by atoms with E-state index in [0.717, 1.165) is 5.56 Å². The van der Waals surface area contributed by atoms with Crippen molar-refractivity contribution in [3.05, 3.63) is 81.2 Å². The first-order valence-corrected chi connectivity index (χ1v) is 11.5. The Morgan fingerprint density at radius 1 is 1.03 bits per heavy atom. The van der Waals surface area contributed by atoms with E-state index >= 15 is 0 Å². The lowest BCUT2D eigenvalue weighted by Crippen LogP contribution is -2.49. The standard InChI is InChI=1S/C25H25ClN4O3/c1-16-17(2)33-23-19(16)9-6-10-20(23)24(31)29-13-11-28(12-14-29)21-15-27-30(25(32)22(21)26)18-7-4-3-5-8-18/h3-10,15-17H,11-14H2,1-2H3/t16-,17-/m0/s1. The third-order valence-electron chi connectivity index (χ3n) is 6.58. The Morgan fingerprint density at radius 3 is 2.48 bits per heavy atom. The highest BCUT2D eigenvalue weighted by Crippen LogP contribution is 2.40. The van der Waals surface area contributed by atoms with Crippen LogP contribution in [0.15, 0.2) is 59.5 Å². The normalized spacial score (nSPS) is 19.8. The number of halogens is 1. The minimum atomic E-state index is -0.362. The molecule has 0 saturated carbocycles. The fourth-order valence-corrected chi connectivity index (χ4v) is 4.72. The van der Waals surface area contributed by atoms with Crippen molar-refractivity contribution >= 4 is 23.2 Å². The van der Waals surface area contributed by atoms with Crippen molar-refractivity contribution in [2.45, 2.75) is 25.9 Å². The number of anilines is 1. The van der Waals surface area contributed by atoms with E-state index in [1.54, 1.807) is 18.3 Å². The maximum Gasteiger partial charge on any atom is 0.292 e. The minimum Gasteiger partial charge on any atom is -0.489 e. The van der Waals surface area contributed by atoms with E-state index in [1.165, 1.54) is 4.68 Å². The second-order valence-corrected chi connectivity index (χ2v) is 8.89.